The van der Waals surface area contributed by atoms with E-state index in [4.69, 9.17) is 4.74 Å². The van der Waals surface area contributed by atoms with Gasteiger partial charge in [-0.25, -0.2) is 17.2 Å². The summed E-state index contributed by atoms with van der Waals surface area (Å²) in [6, 6.07) is 7.79. The van der Waals surface area contributed by atoms with Crippen molar-refractivity contribution >= 4 is 15.9 Å². The van der Waals surface area contributed by atoms with Crippen LogP contribution in [0.2, 0.25) is 0 Å². The number of hydrogen-bond donors (Lipinski definition) is 1. The topological polar surface area (TPSA) is 75.7 Å². The van der Waals surface area contributed by atoms with Crippen molar-refractivity contribution in [2.45, 2.75) is 37.6 Å². The van der Waals surface area contributed by atoms with Crippen LogP contribution in [-0.2, 0) is 14.8 Å². The van der Waals surface area contributed by atoms with Crippen molar-refractivity contribution in [3.05, 3.63) is 59.2 Å². The Labute approximate surface area is 181 Å². The Balaban J connectivity index is 1.65. The molecule has 2 aromatic rings. The van der Waals surface area contributed by atoms with Gasteiger partial charge in [-0.05, 0) is 51.0 Å². The van der Waals surface area contributed by atoms with Gasteiger partial charge >= 0.3 is 0 Å². The number of hydrogen-bond acceptors (Lipinski definition) is 4. The van der Waals surface area contributed by atoms with Crippen molar-refractivity contribution < 1.29 is 26.7 Å². The van der Waals surface area contributed by atoms with Gasteiger partial charge in [0.15, 0.2) is 0 Å². The molecule has 2 aromatic carbocycles. The first-order valence-corrected chi connectivity index (χ1v) is 11.5. The van der Waals surface area contributed by atoms with Gasteiger partial charge in [0, 0.05) is 24.6 Å². The summed E-state index contributed by atoms with van der Waals surface area (Å²) in [5.41, 5.74) is 1.90. The van der Waals surface area contributed by atoms with Gasteiger partial charge < -0.3 is 10.1 Å². The minimum Gasteiger partial charge on any atom is -0.496 e. The standard InChI is InChI=1S/C22H26F2N2O4S/c1-14-4-7-20(30-3)18(12-14)15(2)25-22(27)16-8-10-26(11-9-16)31(28,29)21-13-17(23)5-6-19(21)24/h4-7,12-13,15-16H,8-11H2,1-3H3,(H,25,27). The highest BCUT2D eigenvalue weighted by molar-refractivity contribution is 7.89. The van der Waals surface area contributed by atoms with Gasteiger partial charge in [-0.1, -0.05) is 17.7 Å². The van der Waals surface area contributed by atoms with Crippen LogP contribution in [-0.4, -0.2) is 38.8 Å². The molecule has 3 rings (SSSR count). The Hall–Kier alpha value is -2.52. The fourth-order valence-corrected chi connectivity index (χ4v) is 5.32. The second kappa shape index (κ2) is 9.32. The van der Waals surface area contributed by atoms with E-state index in [0.717, 1.165) is 27.6 Å². The monoisotopic (exact) mass is 452 g/mol. The molecule has 0 aromatic heterocycles. The summed E-state index contributed by atoms with van der Waals surface area (Å²) < 4.78 is 59.3. The molecule has 1 unspecified atom stereocenters. The van der Waals surface area contributed by atoms with Crippen LogP contribution in [0.4, 0.5) is 8.78 Å². The van der Waals surface area contributed by atoms with E-state index in [1.54, 1.807) is 7.11 Å². The van der Waals surface area contributed by atoms with Crippen LogP contribution in [0, 0.1) is 24.5 Å². The molecule has 9 heteroatoms. The Bertz CT molecular complexity index is 1070. The first-order valence-electron chi connectivity index (χ1n) is 10.0. The number of nitrogens with zero attached hydrogens (tertiary/aromatic N) is 1. The summed E-state index contributed by atoms with van der Waals surface area (Å²) in [5.74, 6) is -1.69. The number of aryl methyl sites for hydroxylation is 1. The molecule has 1 atom stereocenters. The molecular weight excluding hydrogens is 426 g/mol. The SMILES string of the molecule is COc1ccc(C)cc1C(C)NC(=O)C1CCN(S(=O)(=O)c2cc(F)ccc2F)CC1. The van der Waals surface area contributed by atoms with E-state index in [1.165, 1.54) is 0 Å². The molecule has 6 nitrogen and oxygen atoms in total. The molecule has 1 fully saturated rings. The van der Waals surface area contributed by atoms with E-state index in [-0.39, 0.29) is 31.0 Å². The van der Waals surface area contributed by atoms with E-state index in [9.17, 15) is 22.0 Å². The van der Waals surface area contributed by atoms with Crippen molar-refractivity contribution in [1.29, 1.82) is 0 Å². The van der Waals surface area contributed by atoms with Crippen LogP contribution >= 0.6 is 0 Å². The number of carbonyl (C=O) groups excluding carboxylic acids is 1. The van der Waals surface area contributed by atoms with Gasteiger partial charge in [0.2, 0.25) is 15.9 Å². The first kappa shape index (κ1) is 23.1. The number of piperidine rings is 1. The Kier molecular flexibility index (Phi) is 6.96. The zero-order valence-electron chi connectivity index (χ0n) is 17.7. The molecule has 0 aliphatic carbocycles. The summed E-state index contributed by atoms with van der Waals surface area (Å²) in [5, 5.41) is 2.97. The van der Waals surface area contributed by atoms with E-state index >= 15 is 0 Å². The molecule has 1 amide bonds. The predicted molar refractivity (Wildman–Crippen MR) is 112 cm³/mol. The lowest BCUT2D eigenvalue weighted by atomic mass is 9.96. The van der Waals surface area contributed by atoms with E-state index in [1.807, 2.05) is 32.0 Å². The molecule has 0 bridgehead atoms. The number of amides is 1. The second-order valence-corrected chi connectivity index (χ2v) is 9.64. The lowest BCUT2D eigenvalue weighted by molar-refractivity contribution is -0.126. The zero-order chi connectivity index (χ0) is 22.8. The minimum atomic E-state index is -4.17. The second-order valence-electron chi connectivity index (χ2n) is 7.73. The molecule has 0 saturated carbocycles. The number of ether oxygens (including phenoxy) is 1. The normalized spacial score (nSPS) is 16.7. The van der Waals surface area contributed by atoms with Crippen molar-refractivity contribution in [2.75, 3.05) is 20.2 Å². The Morgan fingerprint density at radius 3 is 2.48 bits per heavy atom. The average molecular weight is 453 g/mol. The van der Waals surface area contributed by atoms with Crippen LogP contribution in [0.5, 0.6) is 5.75 Å². The van der Waals surface area contributed by atoms with Crippen molar-refractivity contribution in [1.82, 2.24) is 9.62 Å². The molecule has 0 spiro atoms. The Morgan fingerprint density at radius 2 is 1.84 bits per heavy atom. The third-order valence-corrected chi connectivity index (χ3v) is 7.46. The van der Waals surface area contributed by atoms with Crippen LogP contribution in [0.15, 0.2) is 41.3 Å². The van der Waals surface area contributed by atoms with Gasteiger partial charge in [-0.2, -0.15) is 4.31 Å². The maximum Gasteiger partial charge on any atom is 0.246 e. The predicted octanol–water partition coefficient (Wildman–Crippen LogP) is 3.56. The highest BCUT2D eigenvalue weighted by Crippen LogP contribution is 2.29. The molecule has 1 N–H and O–H groups in total. The molecule has 1 aliphatic heterocycles. The molecule has 31 heavy (non-hydrogen) atoms. The van der Waals surface area contributed by atoms with E-state index in [0.29, 0.717) is 24.7 Å². The molecule has 168 valence electrons. The smallest absolute Gasteiger partial charge is 0.246 e. The summed E-state index contributed by atoms with van der Waals surface area (Å²) >= 11 is 0. The maximum atomic E-state index is 14.0. The van der Waals surface area contributed by atoms with Gasteiger partial charge in [0.1, 0.15) is 22.3 Å². The van der Waals surface area contributed by atoms with Gasteiger partial charge in [0.25, 0.3) is 0 Å². The highest BCUT2D eigenvalue weighted by atomic mass is 32.2. The molecule has 1 aliphatic rings. The summed E-state index contributed by atoms with van der Waals surface area (Å²) in [4.78, 5) is 12.1. The third-order valence-electron chi connectivity index (χ3n) is 5.55. The number of sulfonamides is 1. The minimum absolute atomic E-state index is 0.0541. The van der Waals surface area contributed by atoms with Gasteiger partial charge in [-0.15, -0.1) is 0 Å². The van der Waals surface area contributed by atoms with Crippen molar-refractivity contribution in [3.8, 4) is 5.75 Å². The van der Waals surface area contributed by atoms with Crippen LogP contribution < -0.4 is 10.1 Å². The number of nitrogens with one attached hydrogen (secondary N) is 1. The first-order chi connectivity index (χ1) is 14.6. The van der Waals surface area contributed by atoms with Gasteiger partial charge in [-0.3, -0.25) is 4.79 Å². The van der Waals surface area contributed by atoms with E-state index in [2.05, 4.69) is 5.32 Å². The molecule has 1 heterocycles. The number of carbonyl (C=O) groups is 1. The quantitative estimate of drug-likeness (QED) is 0.727. The van der Waals surface area contributed by atoms with Gasteiger partial charge in [0.05, 0.1) is 13.2 Å². The number of rotatable bonds is 6. The summed E-state index contributed by atoms with van der Waals surface area (Å²) in [6.45, 7) is 3.92. The molecular formula is C22H26F2N2O4S. The molecule has 0 radical (unpaired) electrons. The summed E-state index contributed by atoms with van der Waals surface area (Å²) in [7, 11) is -2.60. The van der Waals surface area contributed by atoms with Crippen molar-refractivity contribution in [2.24, 2.45) is 5.92 Å². The zero-order valence-corrected chi connectivity index (χ0v) is 18.5. The number of benzene rings is 2. The number of halogens is 2. The van der Waals surface area contributed by atoms with E-state index < -0.39 is 26.6 Å². The number of methoxy groups -OCH3 is 1. The van der Waals surface area contributed by atoms with Crippen LogP contribution in [0.1, 0.15) is 36.9 Å². The fourth-order valence-electron chi connectivity index (χ4n) is 3.77. The largest absolute Gasteiger partial charge is 0.496 e. The lowest BCUT2D eigenvalue weighted by Crippen LogP contribution is -2.43. The molecule has 1 saturated heterocycles. The van der Waals surface area contributed by atoms with Crippen molar-refractivity contribution in [3.63, 3.8) is 0 Å². The summed E-state index contributed by atoms with van der Waals surface area (Å²) in [6.07, 6.45) is 0.583. The fraction of sp³-hybridized carbons (Fsp3) is 0.409. The maximum absolute atomic E-state index is 14.0. The Morgan fingerprint density at radius 1 is 1.16 bits per heavy atom. The average Bonchev–Trinajstić information content (AvgIpc) is 2.75. The third kappa shape index (κ3) is 5.04. The van der Waals surface area contributed by atoms with Crippen LogP contribution in [0.3, 0.4) is 0 Å². The lowest BCUT2D eigenvalue weighted by Gasteiger charge is -2.31. The van der Waals surface area contributed by atoms with Crippen LogP contribution in [0.25, 0.3) is 0 Å². The highest BCUT2D eigenvalue weighted by Gasteiger charge is 2.34.